The number of benzene rings is 2. The largest absolute Gasteiger partial charge is 0.508 e. The van der Waals surface area contributed by atoms with Gasteiger partial charge >= 0.3 is 0 Å². The van der Waals surface area contributed by atoms with Gasteiger partial charge in [-0.05, 0) is 147 Å². The van der Waals surface area contributed by atoms with Crippen molar-refractivity contribution in [3.8, 4) is 11.5 Å². The van der Waals surface area contributed by atoms with E-state index in [4.69, 9.17) is 9.47 Å². The van der Waals surface area contributed by atoms with Crippen LogP contribution in [0, 0.1) is 47.3 Å². The van der Waals surface area contributed by atoms with Crippen molar-refractivity contribution in [2.75, 3.05) is 13.2 Å². The third-order valence-electron chi connectivity index (χ3n) is 11.4. The smallest absolute Gasteiger partial charge is 0.126 e. The predicted molar refractivity (Wildman–Crippen MR) is 156 cm³/mol. The van der Waals surface area contributed by atoms with E-state index < -0.39 is 0 Å². The molecule has 210 valence electrons. The Hall–Kier alpha value is -2.88. The summed E-state index contributed by atoms with van der Waals surface area (Å²) < 4.78 is 13.4. The highest BCUT2D eigenvalue weighted by molar-refractivity contribution is 5.67. The Morgan fingerprint density at radius 3 is 1.20 bits per heavy atom. The zero-order valence-electron chi connectivity index (χ0n) is 23.4. The van der Waals surface area contributed by atoms with Gasteiger partial charge in [-0.2, -0.15) is 0 Å². The SMILES string of the molecule is Oc1cccc(C(OCCOC(=C2C3CC4CC(C3)CC2C4)c2cccc(O)c2)=C2C3CC4CC(C3)CC2C4)c1. The maximum Gasteiger partial charge on any atom is 0.126 e. The molecule has 4 nitrogen and oxygen atoms in total. The van der Waals surface area contributed by atoms with Crippen LogP contribution in [0.4, 0.5) is 0 Å². The van der Waals surface area contributed by atoms with Gasteiger partial charge in [-0.1, -0.05) is 24.3 Å². The Balaban J connectivity index is 1.07. The summed E-state index contributed by atoms with van der Waals surface area (Å²) in [6.45, 7) is 0.938. The third-order valence-corrected chi connectivity index (χ3v) is 11.4. The lowest BCUT2D eigenvalue weighted by Gasteiger charge is -2.52. The van der Waals surface area contributed by atoms with Gasteiger partial charge in [-0.3, -0.25) is 0 Å². The van der Waals surface area contributed by atoms with Crippen LogP contribution in [0.25, 0.3) is 11.5 Å². The van der Waals surface area contributed by atoms with Gasteiger partial charge in [0, 0.05) is 11.1 Å². The molecule has 4 heteroatoms. The lowest BCUT2D eigenvalue weighted by Crippen LogP contribution is -2.41. The second-order valence-electron chi connectivity index (χ2n) is 14.0. The molecule has 0 atom stereocenters. The maximum absolute atomic E-state index is 10.3. The minimum absolute atomic E-state index is 0.289. The molecule has 0 saturated heterocycles. The highest BCUT2D eigenvalue weighted by Crippen LogP contribution is 2.59. The summed E-state index contributed by atoms with van der Waals surface area (Å²) in [6, 6.07) is 15.2. The first kappa shape index (κ1) is 24.9. The summed E-state index contributed by atoms with van der Waals surface area (Å²) in [5, 5.41) is 20.6. The van der Waals surface area contributed by atoms with E-state index in [1.54, 1.807) is 12.1 Å². The molecule has 2 aromatic carbocycles. The van der Waals surface area contributed by atoms with Crippen molar-refractivity contribution in [3.05, 3.63) is 70.8 Å². The minimum atomic E-state index is 0.289. The lowest BCUT2D eigenvalue weighted by atomic mass is 9.54. The number of ether oxygens (including phenoxy) is 2. The van der Waals surface area contributed by atoms with Gasteiger partial charge in [0.05, 0.1) is 0 Å². The van der Waals surface area contributed by atoms with Crippen molar-refractivity contribution in [2.45, 2.75) is 64.2 Å². The number of phenols is 2. The first-order chi connectivity index (χ1) is 19.6. The molecule has 8 aliphatic carbocycles. The molecule has 8 bridgehead atoms. The molecule has 0 heterocycles. The molecular weight excluding hydrogens is 496 g/mol. The summed E-state index contributed by atoms with van der Waals surface area (Å²) in [5.74, 6) is 8.59. The second-order valence-corrected chi connectivity index (χ2v) is 14.0. The van der Waals surface area contributed by atoms with E-state index in [2.05, 4.69) is 12.1 Å². The average Bonchev–Trinajstić information content (AvgIpc) is 2.92. The maximum atomic E-state index is 10.3. The number of hydrogen-bond donors (Lipinski definition) is 2. The van der Waals surface area contributed by atoms with Gasteiger partial charge in [-0.15, -0.1) is 0 Å². The Morgan fingerprint density at radius 2 is 0.875 bits per heavy atom. The molecule has 10 rings (SSSR count). The lowest BCUT2D eigenvalue weighted by molar-refractivity contribution is 0.0629. The number of hydrogen-bond acceptors (Lipinski definition) is 4. The van der Waals surface area contributed by atoms with Crippen LogP contribution in [0.3, 0.4) is 0 Å². The van der Waals surface area contributed by atoms with Crippen LogP contribution in [-0.4, -0.2) is 23.4 Å². The van der Waals surface area contributed by atoms with Crippen LogP contribution in [-0.2, 0) is 9.47 Å². The number of rotatable bonds is 7. The summed E-state index contributed by atoms with van der Waals surface area (Å²) in [6.07, 6.45) is 13.2. The summed E-state index contributed by atoms with van der Waals surface area (Å²) in [4.78, 5) is 0. The number of phenolic OH excluding ortho intramolecular Hbond substituents is 2. The third kappa shape index (κ3) is 4.43. The number of allylic oxidation sites excluding steroid dienone is 2. The van der Waals surface area contributed by atoms with Crippen molar-refractivity contribution in [1.29, 1.82) is 0 Å². The molecule has 2 N–H and O–H groups in total. The minimum Gasteiger partial charge on any atom is -0.508 e. The van der Waals surface area contributed by atoms with Crippen LogP contribution in [0.5, 0.6) is 11.5 Å². The summed E-state index contributed by atoms with van der Waals surface area (Å²) >= 11 is 0. The normalized spacial score (nSPS) is 34.8. The topological polar surface area (TPSA) is 58.9 Å². The summed E-state index contributed by atoms with van der Waals surface area (Å²) in [7, 11) is 0. The van der Waals surface area contributed by atoms with Crippen LogP contribution in [0.2, 0.25) is 0 Å². The molecule has 8 saturated carbocycles. The molecule has 0 spiro atoms. The first-order valence-corrected chi connectivity index (χ1v) is 15.9. The van der Waals surface area contributed by atoms with Crippen molar-refractivity contribution >= 4 is 11.5 Å². The molecule has 8 fully saturated rings. The molecule has 0 amide bonds. The van der Waals surface area contributed by atoms with E-state index >= 15 is 0 Å². The van der Waals surface area contributed by atoms with E-state index in [0.717, 1.165) is 46.3 Å². The molecule has 2 aromatic rings. The first-order valence-electron chi connectivity index (χ1n) is 15.9. The fourth-order valence-corrected chi connectivity index (χ4v) is 10.4. The summed E-state index contributed by atoms with van der Waals surface area (Å²) in [5.41, 5.74) is 5.00. The molecule has 40 heavy (non-hydrogen) atoms. The van der Waals surface area contributed by atoms with E-state index in [0.29, 0.717) is 36.9 Å². The van der Waals surface area contributed by atoms with Crippen LogP contribution in [0.15, 0.2) is 59.7 Å². The van der Waals surface area contributed by atoms with Gasteiger partial charge in [0.1, 0.15) is 36.2 Å². The van der Waals surface area contributed by atoms with Gasteiger partial charge < -0.3 is 19.7 Å². The molecule has 0 aliphatic heterocycles. The van der Waals surface area contributed by atoms with Gasteiger partial charge in [-0.25, -0.2) is 0 Å². The monoisotopic (exact) mass is 538 g/mol. The highest BCUT2D eigenvalue weighted by Gasteiger charge is 2.48. The van der Waals surface area contributed by atoms with Crippen LogP contribution >= 0.6 is 0 Å². The van der Waals surface area contributed by atoms with Crippen molar-refractivity contribution in [3.63, 3.8) is 0 Å². The predicted octanol–water partition coefficient (Wildman–Crippen LogP) is 8.17. The van der Waals surface area contributed by atoms with Crippen molar-refractivity contribution in [2.24, 2.45) is 47.3 Å². The fraction of sp³-hybridized carbons (Fsp3) is 0.556. The van der Waals surface area contributed by atoms with Gasteiger partial charge in [0.25, 0.3) is 0 Å². The van der Waals surface area contributed by atoms with Crippen molar-refractivity contribution in [1.82, 2.24) is 0 Å². The van der Waals surface area contributed by atoms with Crippen LogP contribution < -0.4 is 0 Å². The van der Waals surface area contributed by atoms with Gasteiger partial charge in [0.2, 0.25) is 0 Å². The highest BCUT2D eigenvalue weighted by atomic mass is 16.5. The Bertz CT molecular complexity index is 1190. The average molecular weight is 539 g/mol. The fourth-order valence-electron chi connectivity index (χ4n) is 10.4. The zero-order chi connectivity index (χ0) is 26.8. The second kappa shape index (κ2) is 9.89. The zero-order valence-corrected chi connectivity index (χ0v) is 23.4. The quantitative estimate of drug-likeness (QED) is 0.276. The number of aromatic hydroxyl groups is 2. The van der Waals surface area contributed by atoms with E-state index in [9.17, 15) is 10.2 Å². The Labute approximate surface area is 238 Å². The molecule has 0 aromatic heterocycles. The molecular formula is C36H42O4. The Kier molecular flexibility index (Phi) is 6.15. The Morgan fingerprint density at radius 1 is 0.525 bits per heavy atom. The van der Waals surface area contributed by atoms with E-state index in [1.807, 2.05) is 24.3 Å². The molecule has 8 aliphatic rings. The standard InChI is InChI=1S/C36H42O4/c37-31-5-1-3-25(19-31)35(33-27-11-21-9-22(13-27)14-28(33)12-21)39-7-8-40-36(26-4-2-6-32(38)20-26)34-29-15-23-10-24(17-29)18-30(34)16-23/h1-6,19-24,27-30,37-38H,7-18H2. The van der Waals surface area contributed by atoms with Gasteiger partial charge in [0.15, 0.2) is 0 Å². The van der Waals surface area contributed by atoms with Crippen molar-refractivity contribution < 1.29 is 19.7 Å². The molecule has 0 radical (unpaired) electrons. The van der Waals surface area contributed by atoms with E-state index in [1.165, 1.54) is 75.4 Å². The van der Waals surface area contributed by atoms with E-state index in [-0.39, 0.29) is 11.5 Å². The van der Waals surface area contributed by atoms with Crippen LogP contribution in [0.1, 0.15) is 75.3 Å². The molecule has 0 unspecified atom stereocenters.